The van der Waals surface area contributed by atoms with Gasteiger partial charge >= 0.3 is 13.8 Å². The fraction of sp³-hybridized carbons (Fsp3) is 0.680. The molecule has 21 N–H and O–H groups in total. The Morgan fingerprint density at radius 3 is 1.48 bits per heavy atom. The van der Waals surface area contributed by atoms with Gasteiger partial charge in [0.2, 0.25) is 29.5 Å². The van der Waals surface area contributed by atoms with E-state index in [-0.39, 0.29) is 44.3 Å². The fourth-order valence-electron chi connectivity index (χ4n) is 4.01. The van der Waals surface area contributed by atoms with Crippen LogP contribution in [0.2, 0.25) is 0 Å². The predicted molar refractivity (Wildman–Crippen MR) is 179 cm³/mol. The summed E-state index contributed by atoms with van der Waals surface area (Å²) >= 11 is 0. The molecule has 0 spiro atoms. The van der Waals surface area contributed by atoms with Crippen molar-refractivity contribution in [1.29, 1.82) is 0 Å². The van der Waals surface area contributed by atoms with Gasteiger partial charge in [0.05, 0.1) is 32.0 Å². The van der Waals surface area contributed by atoms with Crippen molar-refractivity contribution in [3.63, 3.8) is 0 Å². The number of carboxylic acid groups (broad SMARTS) is 1. The molecule has 0 radical (unpaired) electrons. The maximum atomic E-state index is 13.2. The molecule has 0 aromatic heterocycles. The minimum Gasteiger partial charge on any atom is -0.480 e. The number of hydrogen-bond acceptors (Lipinski definition) is 14. The number of carbonyl (C=O) groups is 6. The Morgan fingerprint density at radius 2 is 1.06 bits per heavy atom. The summed E-state index contributed by atoms with van der Waals surface area (Å²) in [7, 11) is -5.30. The number of carboxylic acids is 1. The number of guanidine groups is 2. The van der Waals surface area contributed by atoms with Gasteiger partial charge in [0.15, 0.2) is 11.9 Å². The normalized spacial score (nSPS) is 15.2. The quantitative estimate of drug-likeness (QED) is 0.0177. The van der Waals surface area contributed by atoms with E-state index >= 15 is 0 Å². The summed E-state index contributed by atoms with van der Waals surface area (Å²) in [6, 6.07) is -10.2. The van der Waals surface area contributed by atoms with E-state index in [1.54, 1.807) is 0 Å². The molecule has 0 saturated heterocycles. The molecule has 0 aromatic rings. The van der Waals surface area contributed by atoms with E-state index in [0.717, 1.165) is 6.92 Å². The second kappa shape index (κ2) is 23.7. The molecular weight excluding hydrogens is 723 g/mol. The maximum absolute atomic E-state index is 13.2. The molecule has 0 fully saturated rings. The van der Waals surface area contributed by atoms with Gasteiger partial charge < -0.3 is 85.5 Å². The number of phosphoric ester groups is 1. The zero-order valence-electron chi connectivity index (χ0n) is 28.1. The molecule has 0 aliphatic heterocycles. The van der Waals surface area contributed by atoms with Crippen LogP contribution in [-0.4, -0.2) is 153 Å². The van der Waals surface area contributed by atoms with Crippen LogP contribution in [0.15, 0.2) is 9.98 Å². The largest absolute Gasteiger partial charge is 0.480 e. The Kier molecular flexibility index (Phi) is 21.6. The van der Waals surface area contributed by atoms with Crippen molar-refractivity contribution in [2.45, 2.75) is 75.0 Å². The van der Waals surface area contributed by atoms with Gasteiger partial charge in [-0.3, -0.25) is 38.5 Å². The summed E-state index contributed by atoms with van der Waals surface area (Å²) in [5.74, 6) is -7.92. The minimum atomic E-state index is -5.30. The summed E-state index contributed by atoms with van der Waals surface area (Å²) in [4.78, 5) is 102. The average molecular weight is 773 g/mol. The summed E-state index contributed by atoms with van der Waals surface area (Å²) in [6.45, 7) is -2.25. The number of aliphatic carboxylic acids is 1. The third-order valence-corrected chi connectivity index (χ3v) is 7.27. The molecule has 0 rings (SSSR count). The van der Waals surface area contributed by atoms with Crippen LogP contribution in [0.5, 0.6) is 0 Å². The van der Waals surface area contributed by atoms with Crippen LogP contribution in [0.1, 0.15) is 32.6 Å². The first-order valence-electron chi connectivity index (χ1n) is 15.3. The molecule has 0 saturated carbocycles. The molecule has 0 aliphatic carbocycles. The Labute approximate surface area is 296 Å². The zero-order valence-corrected chi connectivity index (χ0v) is 29.0. The molecule has 0 heterocycles. The monoisotopic (exact) mass is 772 g/mol. The highest BCUT2D eigenvalue weighted by Gasteiger charge is 2.37. The summed E-state index contributed by atoms with van der Waals surface area (Å²) < 4.78 is 15.8. The van der Waals surface area contributed by atoms with Gasteiger partial charge in [0, 0.05) is 13.1 Å². The Hall–Kier alpha value is -4.69. The van der Waals surface area contributed by atoms with Gasteiger partial charge in [-0.25, -0.2) is 9.36 Å². The van der Waals surface area contributed by atoms with Crippen molar-refractivity contribution >= 4 is 55.2 Å². The maximum Gasteiger partial charge on any atom is 0.469 e. The number of amides is 5. The van der Waals surface area contributed by atoms with Crippen LogP contribution in [0.4, 0.5) is 0 Å². The lowest BCUT2D eigenvalue weighted by Crippen LogP contribution is -2.62. The van der Waals surface area contributed by atoms with Gasteiger partial charge in [-0.05, 0) is 32.6 Å². The van der Waals surface area contributed by atoms with Crippen molar-refractivity contribution in [1.82, 2.24) is 26.6 Å². The van der Waals surface area contributed by atoms with E-state index < -0.39 is 106 Å². The lowest BCUT2D eigenvalue weighted by molar-refractivity contribution is -0.144. The highest BCUT2D eigenvalue weighted by Crippen LogP contribution is 2.38. The van der Waals surface area contributed by atoms with Crippen molar-refractivity contribution in [2.75, 3.05) is 32.9 Å². The van der Waals surface area contributed by atoms with Crippen molar-refractivity contribution in [3.05, 3.63) is 0 Å². The van der Waals surface area contributed by atoms with E-state index in [9.17, 15) is 48.7 Å². The van der Waals surface area contributed by atoms with Gasteiger partial charge in [-0.1, -0.05) is 0 Å². The first kappa shape index (κ1) is 47.3. The highest BCUT2D eigenvalue weighted by molar-refractivity contribution is 7.46. The predicted octanol–water partition coefficient (Wildman–Crippen LogP) is -8.60. The molecule has 0 unspecified atom stereocenters. The number of phosphoric acid groups is 1. The Morgan fingerprint density at radius 1 is 0.654 bits per heavy atom. The van der Waals surface area contributed by atoms with Gasteiger partial charge in [-0.15, -0.1) is 0 Å². The number of aliphatic hydroxyl groups excluding tert-OH is 3. The second-order valence-electron chi connectivity index (χ2n) is 10.9. The molecule has 0 aliphatic rings. The molecular formula is C25H49N12O14P. The molecule has 0 aromatic carbocycles. The SMILES string of the molecule is C[C@@H](OP(=O)(O)O)[C@H](NC(=O)[C@H](CO)NC(=O)[C@H](CO)NC(=O)[C@H](CCCN=C(N)N)NC(=O)[C@@H](N)CCCN=C(N)N)C(=O)N[C@@H](CO)C(=O)O. The van der Waals surface area contributed by atoms with E-state index in [1.165, 1.54) is 0 Å². The van der Waals surface area contributed by atoms with Crippen LogP contribution in [0.3, 0.4) is 0 Å². The van der Waals surface area contributed by atoms with E-state index in [0.29, 0.717) is 6.42 Å². The van der Waals surface area contributed by atoms with E-state index in [4.69, 9.17) is 43.6 Å². The number of aliphatic imine (C=N–C) groups is 2. The number of nitrogens with two attached hydrogens (primary N) is 5. The summed E-state index contributed by atoms with van der Waals surface area (Å²) in [6.07, 6.45) is -1.38. The first-order chi connectivity index (χ1) is 24.2. The first-order valence-corrected chi connectivity index (χ1v) is 16.9. The number of hydrogen-bond donors (Lipinski definition) is 16. The topological polar surface area (TPSA) is 465 Å². The van der Waals surface area contributed by atoms with Gasteiger partial charge in [0.25, 0.3) is 0 Å². The third kappa shape index (κ3) is 19.1. The Bertz CT molecular complexity index is 1320. The minimum absolute atomic E-state index is 0.0392. The second-order valence-corrected chi connectivity index (χ2v) is 12.1. The molecule has 298 valence electrons. The van der Waals surface area contributed by atoms with Gasteiger partial charge in [-0.2, -0.15) is 0 Å². The smallest absolute Gasteiger partial charge is 0.469 e. The molecule has 26 nitrogen and oxygen atoms in total. The molecule has 5 amide bonds. The average Bonchev–Trinajstić information content (AvgIpc) is 3.04. The number of nitrogens with one attached hydrogen (secondary N) is 5. The van der Waals surface area contributed by atoms with Crippen LogP contribution < -0.4 is 55.3 Å². The van der Waals surface area contributed by atoms with Crippen LogP contribution in [-0.2, 0) is 37.9 Å². The third-order valence-electron chi connectivity index (χ3n) is 6.66. The van der Waals surface area contributed by atoms with Gasteiger partial charge in [0.1, 0.15) is 30.2 Å². The Balaban J connectivity index is 5.91. The standard InChI is InChI=1S/C25H49N12O14P/c1-11(51-52(48,49)50)17(22(45)36-16(10-40)23(46)47)37-21(44)15(9-39)35-20(43)14(8-38)34-19(42)13(5-3-7-32-25(29)30)33-18(41)12(26)4-2-6-31-24(27)28/h11-17,38-40H,2-10,26H2,1H3,(H,33,41)(H,34,42)(H,35,43)(H,36,45)(H,37,44)(H,46,47)(H4,27,28,31)(H4,29,30,32)(H2,48,49,50)/t11-,12+,13+,14+,15+,16+,17+/m1/s1. The molecule has 0 bridgehead atoms. The van der Waals surface area contributed by atoms with E-state index in [1.807, 2.05) is 16.0 Å². The molecule has 7 atom stereocenters. The number of aliphatic hydroxyl groups is 3. The lowest BCUT2D eigenvalue weighted by Gasteiger charge is -2.28. The number of carbonyl (C=O) groups excluding carboxylic acids is 5. The zero-order chi connectivity index (χ0) is 40.2. The van der Waals surface area contributed by atoms with Crippen molar-refractivity contribution in [2.24, 2.45) is 38.7 Å². The highest BCUT2D eigenvalue weighted by atomic mass is 31.2. The fourth-order valence-corrected chi connectivity index (χ4v) is 4.56. The van der Waals surface area contributed by atoms with Crippen LogP contribution in [0, 0.1) is 0 Å². The number of nitrogens with zero attached hydrogens (tertiary/aromatic N) is 2. The molecule has 52 heavy (non-hydrogen) atoms. The van der Waals surface area contributed by atoms with E-state index in [2.05, 4.69) is 25.1 Å². The number of rotatable bonds is 25. The van der Waals surface area contributed by atoms with Crippen LogP contribution >= 0.6 is 7.82 Å². The van der Waals surface area contributed by atoms with Crippen LogP contribution in [0.25, 0.3) is 0 Å². The molecule has 27 heteroatoms. The lowest BCUT2D eigenvalue weighted by atomic mass is 10.1. The summed E-state index contributed by atoms with van der Waals surface area (Å²) in [5.41, 5.74) is 27.0. The van der Waals surface area contributed by atoms with Crippen molar-refractivity contribution in [3.8, 4) is 0 Å². The van der Waals surface area contributed by atoms with Crippen molar-refractivity contribution < 1.29 is 68.1 Å². The summed E-state index contributed by atoms with van der Waals surface area (Å²) in [5, 5.41) is 48.4.